The molecule has 1 rings (SSSR count). The van der Waals surface area contributed by atoms with Crippen molar-refractivity contribution in [3.63, 3.8) is 0 Å². The number of benzene rings is 1. The summed E-state index contributed by atoms with van der Waals surface area (Å²) in [6, 6.07) is 4.55. The van der Waals surface area contributed by atoms with Crippen molar-refractivity contribution in [1.29, 1.82) is 0 Å². The molecule has 2 heteroatoms. The van der Waals surface area contributed by atoms with Gasteiger partial charge in [0, 0.05) is 0 Å². The molecule has 0 aliphatic rings. The highest BCUT2D eigenvalue weighted by Crippen LogP contribution is 2.32. The van der Waals surface area contributed by atoms with Gasteiger partial charge in [0.25, 0.3) is 0 Å². The van der Waals surface area contributed by atoms with E-state index in [2.05, 4.69) is 53.7 Å². The minimum atomic E-state index is -0.126. The van der Waals surface area contributed by atoms with E-state index in [-0.39, 0.29) is 5.97 Å². The maximum atomic E-state index is 12.0. The number of hydrogen-bond acceptors (Lipinski definition) is 2. The molecule has 0 atom stereocenters. The fourth-order valence-electron chi connectivity index (χ4n) is 2.67. The third-order valence-corrected chi connectivity index (χ3v) is 3.88. The smallest absolute Gasteiger partial charge is 0.310 e. The van der Waals surface area contributed by atoms with Gasteiger partial charge in [-0.1, -0.05) is 53.7 Å². The Balaban J connectivity index is 3.39. The van der Waals surface area contributed by atoms with E-state index in [0.717, 1.165) is 0 Å². The van der Waals surface area contributed by atoms with Gasteiger partial charge >= 0.3 is 5.97 Å². The first kappa shape index (κ1) is 17.7. The SMILES string of the molecule is CCOC(=O)Cc1c(C(C)C)cc(C(C)C)cc1C(C)C. The molecular formula is C19H30O2. The van der Waals surface area contributed by atoms with Crippen molar-refractivity contribution in [2.24, 2.45) is 0 Å². The largest absolute Gasteiger partial charge is 0.466 e. The van der Waals surface area contributed by atoms with Crippen molar-refractivity contribution in [2.45, 2.75) is 72.6 Å². The summed E-state index contributed by atoms with van der Waals surface area (Å²) < 4.78 is 5.15. The van der Waals surface area contributed by atoms with Crippen molar-refractivity contribution < 1.29 is 9.53 Å². The molecule has 1 aromatic carbocycles. The monoisotopic (exact) mass is 290 g/mol. The lowest BCUT2D eigenvalue weighted by atomic mass is 9.83. The number of ether oxygens (including phenoxy) is 1. The summed E-state index contributed by atoms with van der Waals surface area (Å²) in [5, 5.41) is 0. The van der Waals surface area contributed by atoms with Gasteiger partial charge in [-0.3, -0.25) is 4.79 Å². The fourth-order valence-corrected chi connectivity index (χ4v) is 2.67. The Kier molecular flexibility index (Phi) is 6.44. The predicted molar refractivity (Wildman–Crippen MR) is 89.0 cm³/mol. The quantitative estimate of drug-likeness (QED) is 0.676. The van der Waals surface area contributed by atoms with Crippen LogP contribution in [0.5, 0.6) is 0 Å². The molecule has 0 spiro atoms. The van der Waals surface area contributed by atoms with E-state index < -0.39 is 0 Å². The number of rotatable bonds is 6. The Morgan fingerprint density at radius 2 is 1.43 bits per heavy atom. The Bertz CT molecular complexity index is 455. The summed E-state index contributed by atoms with van der Waals surface area (Å²) in [5.74, 6) is 1.19. The van der Waals surface area contributed by atoms with Crippen LogP contribution in [0.1, 0.15) is 88.5 Å². The first-order chi connectivity index (χ1) is 9.77. The highest BCUT2D eigenvalue weighted by atomic mass is 16.5. The summed E-state index contributed by atoms with van der Waals surface area (Å²) in [6.45, 7) is 15.5. The van der Waals surface area contributed by atoms with Crippen molar-refractivity contribution in [3.05, 3.63) is 34.4 Å². The van der Waals surface area contributed by atoms with Crippen LogP contribution in [0.3, 0.4) is 0 Å². The van der Waals surface area contributed by atoms with E-state index in [1.54, 1.807) is 0 Å². The Morgan fingerprint density at radius 3 is 1.76 bits per heavy atom. The van der Waals surface area contributed by atoms with Gasteiger partial charge in [0.15, 0.2) is 0 Å². The molecule has 0 aliphatic heterocycles. The van der Waals surface area contributed by atoms with E-state index >= 15 is 0 Å². The molecule has 0 fully saturated rings. The lowest BCUT2D eigenvalue weighted by molar-refractivity contribution is -0.142. The minimum Gasteiger partial charge on any atom is -0.466 e. The third kappa shape index (κ3) is 4.59. The molecular weight excluding hydrogens is 260 g/mol. The van der Waals surface area contributed by atoms with Gasteiger partial charge in [0.2, 0.25) is 0 Å². The summed E-state index contributed by atoms with van der Waals surface area (Å²) in [6.07, 6.45) is 0.382. The predicted octanol–water partition coefficient (Wildman–Crippen LogP) is 5.16. The molecule has 0 saturated heterocycles. The van der Waals surface area contributed by atoms with Gasteiger partial charge in [-0.2, -0.15) is 0 Å². The van der Waals surface area contributed by atoms with Crippen molar-refractivity contribution in [2.75, 3.05) is 6.61 Å². The van der Waals surface area contributed by atoms with Gasteiger partial charge in [0.05, 0.1) is 13.0 Å². The van der Waals surface area contributed by atoms with Crippen LogP contribution in [0.4, 0.5) is 0 Å². The van der Waals surface area contributed by atoms with Crippen molar-refractivity contribution >= 4 is 5.97 Å². The lowest BCUT2D eigenvalue weighted by Crippen LogP contribution is -2.13. The maximum Gasteiger partial charge on any atom is 0.310 e. The molecule has 0 N–H and O–H groups in total. The van der Waals surface area contributed by atoms with Crippen LogP contribution < -0.4 is 0 Å². The van der Waals surface area contributed by atoms with Gasteiger partial charge < -0.3 is 4.74 Å². The zero-order valence-corrected chi connectivity index (χ0v) is 14.6. The number of hydrogen-bond donors (Lipinski definition) is 0. The summed E-state index contributed by atoms with van der Waals surface area (Å²) in [7, 11) is 0. The first-order valence-electron chi connectivity index (χ1n) is 8.10. The number of carbonyl (C=O) groups is 1. The molecule has 0 radical (unpaired) electrons. The second kappa shape index (κ2) is 7.63. The van der Waals surface area contributed by atoms with Crippen LogP contribution in [0.2, 0.25) is 0 Å². The fraction of sp³-hybridized carbons (Fsp3) is 0.632. The number of esters is 1. The standard InChI is InChI=1S/C19H30O2/c1-8-21-19(20)11-18-16(13(4)5)9-15(12(2)3)10-17(18)14(6)7/h9-10,12-14H,8,11H2,1-7H3. The Labute approximate surface area is 129 Å². The van der Waals surface area contributed by atoms with E-state index in [1.807, 2.05) is 6.92 Å². The van der Waals surface area contributed by atoms with Crippen LogP contribution in [-0.2, 0) is 16.0 Å². The van der Waals surface area contributed by atoms with E-state index in [1.165, 1.54) is 22.3 Å². The Morgan fingerprint density at radius 1 is 0.952 bits per heavy atom. The molecule has 2 nitrogen and oxygen atoms in total. The zero-order chi connectivity index (χ0) is 16.2. The first-order valence-corrected chi connectivity index (χ1v) is 8.10. The maximum absolute atomic E-state index is 12.0. The molecule has 0 amide bonds. The van der Waals surface area contributed by atoms with E-state index in [4.69, 9.17) is 4.74 Å². The van der Waals surface area contributed by atoms with Crippen LogP contribution in [0, 0.1) is 0 Å². The summed E-state index contributed by atoms with van der Waals surface area (Å²) in [4.78, 5) is 12.0. The van der Waals surface area contributed by atoms with Gasteiger partial charge in [-0.05, 0) is 46.9 Å². The second-order valence-electron chi connectivity index (χ2n) is 6.62. The molecule has 1 aromatic rings. The zero-order valence-electron chi connectivity index (χ0n) is 14.6. The summed E-state index contributed by atoms with van der Waals surface area (Å²) >= 11 is 0. The Hall–Kier alpha value is -1.31. The molecule has 0 unspecified atom stereocenters. The molecule has 0 bridgehead atoms. The van der Waals surface area contributed by atoms with E-state index in [0.29, 0.717) is 30.8 Å². The van der Waals surface area contributed by atoms with Gasteiger partial charge in [-0.25, -0.2) is 0 Å². The van der Waals surface area contributed by atoms with Crippen molar-refractivity contribution in [3.8, 4) is 0 Å². The molecule has 118 valence electrons. The highest BCUT2D eigenvalue weighted by molar-refractivity contribution is 5.74. The molecule has 0 saturated carbocycles. The highest BCUT2D eigenvalue weighted by Gasteiger charge is 2.19. The number of carbonyl (C=O) groups excluding carboxylic acids is 1. The minimum absolute atomic E-state index is 0.126. The average molecular weight is 290 g/mol. The van der Waals surface area contributed by atoms with Gasteiger partial charge in [-0.15, -0.1) is 0 Å². The second-order valence-corrected chi connectivity index (χ2v) is 6.62. The van der Waals surface area contributed by atoms with Crippen LogP contribution >= 0.6 is 0 Å². The molecule has 0 heterocycles. The molecule has 0 aromatic heterocycles. The van der Waals surface area contributed by atoms with Gasteiger partial charge in [0.1, 0.15) is 0 Å². The summed E-state index contributed by atoms with van der Waals surface area (Å²) in [5.41, 5.74) is 5.11. The van der Waals surface area contributed by atoms with Crippen molar-refractivity contribution in [1.82, 2.24) is 0 Å². The topological polar surface area (TPSA) is 26.3 Å². The molecule has 0 aliphatic carbocycles. The van der Waals surface area contributed by atoms with Crippen LogP contribution in [0.15, 0.2) is 12.1 Å². The molecule has 21 heavy (non-hydrogen) atoms. The third-order valence-electron chi connectivity index (χ3n) is 3.88. The average Bonchev–Trinajstić information content (AvgIpc) is 2.37. The van der Waals surface area contributed by atoms with Crippen LogP contribution in [0.25, 0.3) is 0 Å². The lowest BCUT2D eigenvalue weighted by Gasteiger charge is -2.22. The van der Waals surface area contributed by atoms with Crippen LogP contribution in [-0.4, -0.2) is 12.6 Å². The van der Waals surface area contributed by atoms with E-state index in [9.17, 15) is 4.79 Å². The normalized spacial score (nSPS) is 11.5.